The van der Waals surface area contributed by atoms with Gasteiger partial charge in [0.1, 0.15) is 0 Å². The Morgan fingerprint density at radius 2 is 0.935 bits per heavy atom. The van der Waals surface area contributed by atoms with Gasteiger partial charge >= 0.3 is 0 Å². The van der Waals surface area contributed by atoms with Gasteiger partial charge < -0.3 is 8.80 Å². The van der Waals surface area contributed by atoms with Crippen molar-refractivity contribution >= 4 is 81.3 Å². The number of para-hydroxylation sites is 2. The third-order valence-electron chi connectivity index (χ3n) is 10.6. The Hall–Kier alpha value is -5.38. The fourth-order valence-electron chi connectivity index (χ4n) is 8.97. The summed E-state index contributed by atoms with van der Waals surface area (Å²) in [4.78, 5) is 0. The topological polar surface area (TPSA) is 8.82 Å². The van der Waals surface area contributed by atoms with Gasteiger partial charge in [-0.2, -0.15) is 0 Å². The first-order valence-corrected chi connectivity index (χ1v) is 16.6. The van der Waals surface area contributed by atoms with Crippen LogP contribution in [0.15, 0.2) is 156 Å². The molecule has 10 aromatic rings. The zero-order valence-corrected chi connectivity index (χ0v) is 26.3. The van der Waals surface area contributed by atoms with Crippen LogP contribution in [0, 0.1) is 0 Å². The van der Waals surface area contributed by atoms with Crippen LogP contribution in [0.5, 0.6) is 0 Å². The molecule has 0 bridgehead atoms. The number of hydrogen-bond acceptors (Lipinski definition) is 0. The largest absolute Gasteiger partial charge is 0.307 e. The van der Waals surface area contributed by atoms with Gasteiger partial charge in [0, 0.05) is 36.8 Å². The van der Waals surface area contributed by atoms with Crippen LogP contribution in [-0.4, -0.2) is 8.80 Å². The Bertz CT molecular complexity index is 2870. The highest BCUT2D eigenvalue weighted by Crippen LogP contribution is 2.57. The molecule has 0 radical (unpaired) electrons. The summed E-state index contributed by atoms with van der Waals surface area (Å²) in [6.07, 6.45) is 0. The van der Waals surface area contributed by atoms with E-state index < -0.39 is 5.41 Å². The minimum Gasteiger partial charge on any atom is -0.307 e. The van der Waals surface area contributed by atoms with Crippen molar-refractivity contribution in [1.82, 2.24) is 8.80 Å². The molecule has 0 N–H and O–H groups in total. The molecule has 0 aliphatic heterocycles. The molecule has 0 unspecified atom stereocenters. The summed E-state index contributed by atoms with van der Waals surface area (Å²) in [6, 6.07) is 56.4. The number of aromatic nitrogens is 2. The highest BCUT2D eigenvalue weighted by molar-refractivity contribution is 9.10. The Balaban J connectivity index is 1.57. The van der Waals surface area contributed by atoms with Gasteiger partial charge in [-0.05, 0) is 52.6 Å². The van der Waals surface area contributed by atoms with Gasteiger partial charge in [0.2, 0.25) is 0 Å². The molecule has 1 aliphatic rings. The third kappa shape index (κ3) is 2.76. The lowest BCUT2D eigenvalue weighted by molar-refractivity contribution is 0.771. The number of rotatable bonds is 2. The molecule has 7 aromatic carbocycles. The van der Waals surface area contributed by atoms with Gasteiger partial charge in [-0.15, -0.1) is 0 Å². The van der Waals surface area contributed by atoms with Crippen molar-refractivity contribution < 1.29 is 0 Å². The van der Waals surface area contributed by atoms with E-state index in [0.29, 0.717) is 0 Å². The molecular weight excluding hydrogens is 624 g/mol. The number of hydrogen-bond donors (Lipinski definition) is 0. The van der Waals surface area contributed by atoms with Gasteiger partial charge in [-0.1, -0.05) is 137 Å². The van der Waals surface area contributed by atoms with E-state index in [1.165, 1.54) is 87.7 Å². The summed E-state index contributed by atoms with van der Waals surface area (Å²) < 4.78 is 6.21. The number of benzene rings is 7. The van der Waals surface area contributed by atoms with Gasteiger partial charge in [0.25, 0.3) is 0 Å². The molecule has 214 valence electrons. The van der Waals surface area contributed by atoms with E-state index in [1.807, 2.05) is 0 Å². The second-order valence-electron chi connectivity index (χ2n) is 12.6. The fourth-order valence-corrected chi connectivity index (χ4v) is 9.54. The van der Waals surface area contributed by atoms with Crippen molar-refractivity contribution in [2.75, 3.05) is 0 Å². The lowest BCUT2D eigenvalue weighted by Crippen LogP contribution is -2.28. The summed E-state index contributed by atoms with van der Waals surface area (Å²) in [6.45, 7) is 0. The molecule has 0 amide bonds. The van der Waals surface area contributed by atoms with Crippen LogP contribution < -0.4 is 0 Å². The highest BCUT2D eigenvalue weighted by Gasteiger charge is 2.45. The highest BCUT2D eigenvalue weighted by atomic mass is 79.9. The van der Waals surface area contributed by atoms with Crippen molar-refractivity contribution in [3.05, 3.63) is 178 Å². The average Bonchev–Trinajstić information content (AvgIpc) is 3.73. The minimum absolute atomic E-state index is 0.492. The Morgan fingerprint density at radius 3 is 1.72 bits per heavy atom. The van der Waals surface area contributed by atoms with Crippen molar-refractivity contribution in [1.29, 1.82) is 0 Å². The second kappa shape index (κ2) is 8.66. The molecule has 1 aliphatic carbocycles. The quantitative estimate of drug-likeness (QED) is 0.176. The molecule has 2 nitrogen and oxygen atoms in total. The minimum atomic E-state index is -0.492. The predicted octanol–water partition coefficient (Wildman–Crippen LogP) is 11.4. The summed E-state index contributed by atoms with van der Waals surface area (Å²) in [5.41, 5.74) is 12.1. The maximum absolute atomic E-state index is 3.98. The van der Waals surface area contributed by atoms with Crippen molar-refractivity contribution in [2.24, 2.45) is 0 Å². The first-order valence-electron chi connectivity index (χ1n) is 15.8. The van der Waals surface area contributed by atoms with E-state index in [-0.39, 0.29) is 0 Å². The number of nitrogens with zero attached hydrogens (tertiary/aromatic N) is 2. The Morgan fingerprint density at radius 1 is 0.370 bits per heavy atom. The van der Waals surface area contributed by atoms with Gasteiger partial charge in [0.05, 0.1) is 38.5 Å². The van der Waals surface area contributed by atoms with Gasteiger partial charge in [0.15, 0.2) is 0 Å². The average molecular weight is 650 g/mol. The fraction of sp³-hybridized carbons (Fsp3) is 0.0233. The number of fused-ring (bicyclic) bond motifs is 8. The Labute approximate surface area is 272 Å². The summed E-state index contributed by atoms with van der Waals surface area (Å²) in [5.74, 6) is 0. The predicted molar refractivity (Wildman–Crippen MR) is 195 cm³/mol. The van der Waals surface area contributed by atoms with Gasteiger partial charge in [-0.3, -0.25) is 0 Å². The molecule has 3 heterocycles. The SMILES string of the molecule is Brc1cccc2c1c1ccc3c4c5c(cccc5n5c6ccccc6c6cccc(c65)n2c14)C3(c1ccccc1)c1ccccc1. The molecule has 3 heteroatoms. The molecule has 0 fully saturated rings. The first kappa shape index (κ1) is 24.9. The lowest BCUT2D eigenvalue weighted by Gasteiger charge is -2.34. The molecular formula is C43H25BrN2. The zero-order valence-electron chi connectivity index (χ0n) is 24.7. The van der Waals surface area contributed by atoms with Crippen LogP contribution in [0.2, 0.25) is 0 Å². The van der Waals surface area contributed by atoms with Crippen molar-refractivity contribution in [3.63, 3.8) is 0 Å². The standard InChI is InChI=1S/C43H25BrN2/c44-33-19-11-22-35-38(33)30-24-25-32-40-39-31(43(32,26-12-3-1-4-13-26)27-14-5-2-6-15-27)18-10-21-36(39)45-34-20-8-7-16-28(34)29-17-9-23-37(41(29)45)46(35)42(30)40/h1-25H. The van der Waals surface area contributed by atoms with Crippen LogP contribution in [-0.2, 0) is 5.41 Å². The van der Waals surface area contributed by atoms with E-state index in [2.05, 4.69) is 176 Å². The second-order valence-corrected chi connectivity index (χ2v) is 13.4. The molecule has 0 atom stereocenters. The third-order valence-corrected chi connectivity index (χ3v) is 11.2. The van der Waals surface area contributed by atoms with Crippen molar-refractivity contribution in [2.45, 2.75) is 5.41 Å². The van der Waals surface area contributed by atoms with E-state index in [0.717, 1.165) is 4.47 Å². The smallest absolute Gasteiger partial charge is 0.0782 e. The maximum Gasteiger partial charge on any atom is 0.0782 e. The molecule has 0 saturated heterocycles. The van der Waals surface area contributed by atoms with Crippen LogP contribution >= 0.6 is 15.9 Å². The first-order chi connectivity index (χ1) is 22.8. The van der Waals surface area contributed by atoms with Gasteiger partial charge in [-0.25, -0.2) is 0 Å². The summed E-state index contributed by atoms with van der Waals surface area (Å²) in [7, 11) is 0. The lowest BCUT2D eigenvalue weighted by atomic mass is 9.67. The molecule has 3 aromatic heterocycles. The molecule has 46 heavy (non-hydrogen) atoms. The van der Waals surface area contributed by atoms with E-state index >= 15 is 0 Å². The van der Waals surface area contributed by atoms with Crippen LogP contribution in [0.4, 0.5) is 0 Å². The van der Waals surface area contributed by atoms with Crippen LogP contribution in [0.3, 0.4) is 0 Å². The number of halogens is 1. The maximum atomic E-state index is 3.98. The molecule has 0 saturated carbocycles. The summed E-state index contributed by atoms with van der Waals surface area (Å²) >= 11 is 3.98. The van der Waals surface area contributed by atoms with Crippen molar-refractivity contribution in [3.8, 4) is 0 Å². The Kier molecular flexibility index (Phi) is 4.68. The molecule has 0 spiro atoms. The van der Waals surface area contributed by atoms with Crippen LogP contribution in [0.25, 0.3) is 65.4 Å². The van der Waals surface area contributed by atoms with E-state index in [9.17, 15) is 0 Å². The van der Waals surface area contributed by atoms with Crippen LogP contribution in [0.1, 0.15) is 22.3 Å². The summed E-state index contributed by atoms with van der Waals surface area (Å²) in [5, 5.41) is 7.68. The zero-order chi connectivity index (χ0) is 30.1. The normalized spacial score (nSPS) is 13.9. The molecule has 11 rings (SSSR count). The monoisotopic (exact) mass is 648 g/mol. The van der Waals surface area contributed by atoms with E-state index in [1.54, 1.807) is 0 Å². The van der Waals surface area contributed by atoms with E-state index in [4.69, 9.17) is 0 Å².